The van der Waals surface area contributed by atoms with E-state index in [1.807, 2.05) is 24.3 Å². The van der Waals surface area contributed by atoms with Gasteiger partial charge in [0.15, 0.2) is 0 Å². The number of H-pyrrole nitrogens is 1. The van der Waals surface area contributed by atoms with Crippen LogP contribution in [0, 0.1) is 5.92 Å². The van der Waals surface area contributed by atoms with E-state index in [1.165, 1.54) is 5.69 Å². The van der Waals surface area contributed by atoms with Gasteiger partial charge in [0.05, 0.1) is 12.0 Å². The molecule has 0 aliphatic carbocycles. The molecular weight excluding hydrogens is 220 g/mol. The Labute approximate surface area is 101 Å². The van der Waals surface area contributed by atoms with E-state index in [9.17, 15) is 0 Å². The van der Waals surface area contributed by atoms with Crippen LogP contribution in [0.3, 0.4) is 0 Å². The van der Waals surface area contributed by atoms with Gasteiger partial charge in [0, 0.05) is 16.3 Å². The van der Waals surface area contributed by atoms with Crippen molar-refractivity contribution in [1.29, 1.82) is 0 Å². The maximum absolute atomic E-state index is 5.87. The highest BCUT2D eigenvalue weighted by Crippen LogP contribution is 2.23. The zero-order chi connectivity index (χ0) is 11.5. The highest BCUT2D eigenvalue weighted by atomic mass is 35.5. The van der Waals surface area contributed by atoms with Gasteiger partial charge < -0.3 is 4.98 Å². The highest BCUT2D eigenvalue weighted by Gasteiger charge is 2.09. The van der Waals surface area contributed by atoms with Crippen LogP contribution in [0.25, 0.3) is 11.3 Å². The lowest BCUT2D eigenvalue weighted by atomic mass is 10.0. The van der Waals surface area contributed by atoms with Gasteiger partial charge in [-0.1, -0.05) is 37.6 Å². The molecule has 0 unspecified atom stereocenters. The molecule has 0 saturated heterocycles. The molecular formula is C13H15ClN2. The molecule has 1 heterocycles. The molecule has 0 atom stereocenters. The first kappa shape index (κ1) is 11.2. The van der Waals surface area contributed by atoms with Crippen LogP contribution in [0.1, 0.15) is 19.5 Å². The van der Waals surface area contributed by atoms with Gasteiger partial charge in [0.1, 0.15) is 0 Å². The molecule has 0 saturated carbocycles. The van der Waals surface area contributed by atoms with Crippen molar-refractivity contribution in [3.8, 4) is 11.3 Å². The van der Waals surface area contributed by atoms with Crippen molar-refractivity contribution in [2.45, 2.75) is 20.3 Å². The zero-order valence-electron chi connectivity index (χ0n) is 9.50. The Morgan fingerprint density at radius 3 is 2.56 bits per heavy atom. The van der Waals surface area contributed by atoms with Gasteiger partial charge in [-0.25, -0.2) is 4.98 Å². The topological polar surface area (TPSA) is 28.7 Å². The van der Waals surface area contributed by atoms with Crippen molar-refractivity contribution < 1.29 is 0 Å². The second-order valence-corrected chi connectivity index (χ2v) is 4.77. The summed E-state index contributed by atoms with van der Waals surface area (Å²) >= 11 is 5.87. The molecule has 3 heteroatoms. The van der Waals surface area contributed by atoms with Crippen molar-refractivity contribution >= 4 is 11.6 Å². The molecule has 0 radical (unpaired) electrons. The lowest BCUT2D eigenvalue weighted by molar-refractivity contribution is 0.638. The largest absolute Gasteiger partial charge is 0.348 e. The second-order valence-electron chi connectivity index (χ2n) is 4.33. The van der Waals surface area contributed by atoms with Crippen LogP contribution in [0.2, 0.25) is 5.02 Å². The van der Waals surface area contributed by atoms with Crippen LogP contribution in [0.15, 0.2) is 30.6 Å². The molecule has 1 N–H and O–H groups in total. The summed E-state index contributed by atoms with van der Waals surface area (Å²) in [7, 11) is 0. The number of rotatable bonds is 3. The highest BCUT2D eigenvalue weighted by molar-refractivity contribution is 6.30. The fourth-order valence-electron chi connectivity index (χ4n) is 1.74. The van der Waals surface area contributed by atoms with Crippen molar-refractivity contribution in [3.05, 3.63) is 41.3 Å². The van der Waals surface area contributed by atoms with E-state index in [0.29, 0.717) is 5.92 Å². The molecule has 2 nitrogen and oxygen atoms in total. The number of aromatic nitrogens is 2. The van der Waals surface area contributed by atoms with Gasteiger partial charge >= 0.3 is 0 Å². The Balaban J connectivity index is 2.33. The summed E-state index contributed by atoms with van der Waals surface area (Å²) in [5.41, 5.74) is 3.34. The third-order valence-electron chi connectivity index (χ3n) is 2.45. The van der Waals surface area contributed by atoms with Gasteiger partial charge in [0.25, 0.3) is 0 Å². The number of imidazole rings is 1. The van der Waals surface area contributed by atoms with Gasteiger partial charge in [-0.05, 0) is 24.5 Å². The Kier molecular flexibility index (Phi) is 3.30. The monoisotopic (exact) mass is 234 g/mol. The van der Waals surface area contributed by atoms with Gasteiger partial charge in [-0.15, -0.1) is 0 Å². The summed E-state index contributed by atoms with van der Waals surface area (Å²) < 4.78 is 0. The van der Waals surface area contributed by atoms with Crippen LogP contribution < -0.4 is 0 Å². The number of aromatic amines is 1. The molecule has 2 aromatic rings. The number of hydrogen-bond acceptors (Lipinski definition) is 1. The summed E-state index contributed by atoms with van der Waals surface area (Å²) in [5, 5.41) is 0.754. The van der Waals surface area contributed by atoms with E-state index in [4.69, 9.17) is 11.6 Å². The van der Waals surface area contributed by atoms with Crippen LogP contribution >= 0.6 is 11.6 Å². The van der Waals surface area contributed by atoms with E-state index < -0.39 is 0 Å². The molecule has 0 amide bonds. The minimum Gasteiger partial charge on any atom is -0.348 e. The van der Waals surface area contributed by atoms with Crippen molar-refractivity contribution in [3.63, 3.8) is 0 Å². The van der Waals surface area contributed by atoms with E-state index in [-0.39, 0.29) is 0 Å². The van der Waals surface area contributed by atoms with E-state index in [2.05, 4.69) is 23.8 Å². The lowest BCUT2D eigenvalue weighted by Gasteiger charge is -2.05. The average molecular weight is 235 g/mol. The van der Waals surface area contributed by atoms with Gasteiger partial charge in [0.2, 0.25) is 0 Å². The summed E-state index contributed by atoms with van der Waals surface area (Å²) in [4.78, 5) is 7.58. The van der Waals surface area contributed by atoms with Crippen LogP contribution in [-0.4, -0.2) is 9.97 Å². The minimum atomic E-state index is 0.617. The first-order valence-corrected chi connectivity index (χ1v) is 5.83. The third kappa shape index (κ3) is 2.45. The maximum Gasteiger partial charge on any atom is 0.0929 e. The third-order valence-corrected chi connectivity index (χ3v) is 2.70. The average Bonchev–Trinajstić information content (AvgIpc) is 2.66. The Hall–Kier alpha value is -1.28. The molecule has 0 spiro atoms. The SMILES string of the molecule is CC(C)Cc1[nH]cnc1-c1ccc(Cl)cc1. The number of halogens is 1. The first-order valence-electron chi connectivity index (χ1n) is 5.45. The van der Waals surface area contributed by atoms with E-state index in [0.717, 1.165) is 22.7 Å². The Morgan fingerprint density at radius 2 is 1.94 bits per heavy atom. The summed E-state index contributed by atoms with van der Waals surface area (Å²) in [6, 6.07) is 7.79. The number of nitrogens with one attached hydrogen (secondary N) is 1. The standard InChI is InChI=1S/C13H15ClN2/c1-9(2)7-12-13(16-8-15-12)10-3-5-11(14)6-4-10/h3-6,8-9H,7H2,1-2H3,(H,15,16). The Morgan fingerprint density at radius 1 is 1.25 bits per heavy atom. The quantitative estimate of drug-likeness (QED) is 0.857. The van der Waals surface area contributed by atoms with Crippen LogP contribution in [0.5, 0.6) is 0 Å². The Bertz CT molecular complexity index is 457. The summed E-state index contributed by atoms with van der Waals surface area (Å²) in [6.45, 7) is 4.40. The molecule has 2 rings (SSSR count). The van der Waals surface area contributed by atoms with E-state index in [1.54, 1.807) is 6.33 Å². The molecule has 0 fully saturated rings. The van der Waals surface area contributed by atoms with Crippen molar-refractivity contribution in [2.24, 2.45) is 5.92 Å². The van der Waals surface area contributed by atoms with Gasteiger partial charge in [-0.2, -0.15) is 0 Å². The lowest BCUT2D eigenvalue weighted by Crippen LogP contribution is -1.96. The molecule has 0 aliphatic heterocycles. The number of nitrogens with zero attached hydrogens (tertiary/aromatic N) is 1. The molecule has 0 bridgehead atoms. The first-order chi connectivity index (χ1) is 7.66. The van der Waals surface area contributed by atoms with Crippen LogP contribution in [-0.2, 0) is 6.42 Å². The molecule has 84 valence electrons. The summed E-state index contributed by atoms with van der Waals surface area (Å²) in [5.74, 6) is 0.617. The fraction of sp³-hybridized carbons (Fsp3) is 0.308. The molecule has 1 aromatic carbocycles. The van der Waals surface area contributed by atoms with E-state index >= 15 is 0 Å². The predicted octanol–water partition coefficient (Wildman–Crippen LogP) is 3.93. The van der Waals surface area contributed by atoms with Crippen LogP contribution in [0.4, 0.5) is 0 Å². The summed E-state index contributed by atoms with van der Waals surface area (Å²) in [6.07, 6.45) is 2.76. The predicted molar refractivity (Wildman–Crippen MR) is 67.6 cm³/mol. The van der Waals surface area contributed by atoms with Gasteiger partial charge in [-0.3, -0.25) is 0 Å². The van der Waals surface area contributed by atoms with Crippen molar-refractivity contribution in [2.75, 3.05) is 0 Å². The molecule has 16 heavy (non-hydrogen) atoms. The number of benzene rings is 1. The molecule has 0 aliphatic rings. The maximum atomic E-state index is 5.87. The minimum absolute atomic E-state index is 0.617. The molecule has 1 aromatic heterocycles. The smallest absolute Gasteiger partial charge is 0.0929 e. The zero-order valence-corrected chi connectivity index (χ0v) is 10.3. The fourth-order valence-corrected chi connectivity index (χ4v) is 1.87. The van der Waals surface area contributed by atoms with Crippen molar-refractivity contribution in [1.82, 2.24) is 9.97 Å². The number of hydrogen-bond donors (Lipinski definition) is 1. The normalized spacial score (nSPS) is 11.0. The second kappa shape index (κ2) is 4.71.